The maximum absolute atomic E-state index is 12.3. The number of hydrogen-bond donors (Lipinski definition) is 0. The zero-order valence-corrected chi connectivity index (χ0v) is 12.8. The highest BCUT2D eigenvalue weighted by Gasteiger charge is 2.24. The summed E-state index contributed by atoms with van der Waals surface area (Å²) in [5.41, 5.74) is 0.346. The van der Waals surface area contributed by atoms with Crippen LogP contribution >= 0.6 is 0 Å². The Labute approximate surface area is 125 Å². The highest BCUT2D eigenvalue weighted by Crippen LogP contribution is 2.11. The molecule has 1 aliphatic rings. The molecule has 0 saturated carbocycles. The van der Waals surface area contributed by atoms with Gasteiger partial charge < -0.3 is 14.3 Å². The molecular formula is C15H23N3O3. The Morgan fingerprint density at radius 1 is 1.24 bits per heavy atom. The van der Waals surface area contributed by atoms with Crippen LogP contribution in [0.15, 0.2) is 10.6 Å². The quantitative estimate of drug-likeness (QED) is 0.849. The number of rotatable bonds is 4. The first-order valence-corrected chi connectivity index (χ1v) is 7.62. The first-order valence-electron chi connectivity index (χ1n) is 7.62. The summed E-state index contributed by atoms with van der Waals surface area (Å²) in [7, 11) is 0. The van der Waals surface area contributed by atoms with E-state index in [9.17, 15) is 9.59 Å². The van der Waals surface area contributed by atoms with Gasteiger partial charge in [-0.05, 0) is 19.8 Å². The number of unbranched alkanes of at least 4 members (excludes halogenated alkanes) is 1. The summed E-state index contributed by atoms with van der Waals surface area (Å²) in [5.74, 6) is 0.711. The zero-order chi connectivity index (χ0) is 15.2. The first-order chi connectivity index (χ1) is 10.1. The number of carbonyl (C=O) groups excluding carboxylic acids is 2. The number of carbonyl (C=O) groups is 2. The average molecular weight is 293 g/mol. The lowest BCUT2D eigenvalue weighted by Crippen LogP contribution is -2.37. The van der Waals surface area contributed by atoms with Crippen molar-refractivity contribution in [1.82, 2.24) is 15.0 Å². The third-order valence-electron chi connectivity index (χ3n) is 3.73. The van der Waals surface area contributed by atoms with E-state index >= 15 is 0 Å². The number of hydrogen-bond acceptors (Lipinski definition) is 4. The van der Waals surface area contributed by atoms with Crippen LogP contribution in [0.1, 0.15) is 48.9 Å². The van der Waals surface area contributed by atoms with Crippen LogP contribution in [0.25, 0.3) is 0 Å². The van der Waals surface area contributed by atoms with Crippen molar-refractivity contribution in [2.75, 3.05) is 26.2 Å². The molecule has 1 aromatic rings. The van der Waals surface area contributed by atoms with E-state index < -0.39 is 0 Å². The van der Waals surface area contributed by atoms with Crippen LogP contribution in [-0.4, -0.2) is 52.9 Å². The molecule has 0 aliphatic carbocycles. The summed E-state index contributed by atoms with van der Waals surface area (Å²) >= 11 is 0. The number of nitrogens with zero attached hydrogens (tertiary/aromatic N) is 3. The molecule has 0 radical (unpaired) electrons. The molecule has 1 aromatic heterocycles. The van der Waals surface area contributed by atoms with Crippen molar-refractivity contribution in [3.63, 3.8) is 0 Å². The maximum atomic E-state index is 12.3. The topological polar surface area (TPSA) is 66.7 Å². The Bertz CT molecular complexity index is 498. The molecule has 21 heavy (non-hydrogen) atoms. The molecule has 0 atom stereocenters. The van der Waals surface area contributed by atoms with Gasteiger partial charge in [-0.1, -0.05) is 18.5 Å². The van der Waals surface area contributed by atoms with Gasteiger partial charge in [0.2, 0.25) is 5.91 Å². The van der Waals surface area contributed by atoms with Crippen molar-refractivity contribution in [2.45, 2.75) is 39.5 Å². The summed E-state index contributed by atoms with van der Waals surface area (Å²) in [6.07, 6.45) is 3.36. The second kappa shape index (κ2) is 7.24. The van der Waals surface area contributed by atoms with Crippen molar-refractivity contribution < 1.29 is 14.1 Å². The minimum absolute atomic E-state index is 0.116. The minimum atomic E-state index is -0.116. The van der Waals surface area contributed by atoms with E-state index in [1.165, 1.54) is 0 Å². The van der Waals surface area contributed by atoms with E-state index in [4.69, 9.17) is 4.52 Å². The van der Waals surface area contributed by atoms with E-state index in [2.05, 4.69) is 12.1 Å². The molecule has 0 aromatic carbocycles. The summed E-state index contributed by atoms with van der Waals surface area (Å²) in [6, 6.07) is 1.65. The Hall–Kier alpha value is -1.85. The molecule has 0 spiro atoms. The van der Waals surface area contributed by atoms with Gasteiger partial charge in [0.15, 0.2) is 5.69 Å². The Kier molecular flexibility index (Phi) is 5.36. The third-order valence-corrected chi connectivity index (χ3v) is 3.73. The monoisotopic (exact) mass is 293 g/mol. The smallest absolute Gasteiger partial charge is 0.276 e. The van der Waals surface area contributed by atoms with E-state index in [-0.39, 0.29) is 11.8 Å². The molecule has 6 heteroatoms. The van der Waals surface area contributed by atoms with Gasteiger partial charge in [0, 0.05) is 38.7 Å². The fourth-order valence-electron chi connectivity index (χ4n) is 2.49. The van der Waals surface area contributed by atoms with Crippen molar-refractivity contribution in [3.8, 4) is 0 Å². The summed E-state index contributed by atoms with van der Waals surface area (Å²) in [5, 5.41) is 3.77. The van der Waals surface area contributed by atoms with Gasteiger partial charge >= 0.3 is 0 Å². The molecule has 0 unspecified atom stereocenters. The molecule has 2 heterocycles. The Balaban J connectivity index is 1.91. The Morgan fingerprint density at radius 3 is 2.62 bits per heavy atom. The van der Waals surface area contributed by atoms with Gasteiger partial charge in [0.25, 0.3) is 5.91 Å². The van der Waals surface area contributed by atoms with Crippen LogP contribution in [0.4, 0.5) is 0 Å². The second-order valence-electron chi connectivity index (χ2n) is 5.45. The fraction of sp³-hybridized carbons (Fsp3) is 0.667. The van der Waals surface area contributed by atoms with Crippen molar-refractivity contribution in [2.24, 2.45) is 0 Å². The molecule has 0 bridgehead atoms. The largest absolute Gasteiger partial charge is 0.361 e. The van der Waals surface area contributed by atoms with Crippen LogP contribution in [-0.2, 0) is 4.79 Å². The summed E-state index contributed by atoms with van der Waals surface area (Å²) in [6.45, 7) is 6.39. The summed E-state index contributed by atoms with van der Waals surface area (Å²) < 4.78 is 4.95. The number of amides is 2. The second-order valence-corrected chi connectivity index (χ2v) is 5.45. The van der Waals surface area contributed by atoms with Crippen molar-refractivity contribution in [1.29, 1.82) is 0 Å². The maximum Gasteiger partial charge on any atom is 0.276 e. The molecule has 1 saturated heterocycles. The van der Waals surface area contributed by atoms with Crippen molar-refractivity contribution in [3.05, 3.63) is 17.5 Å². The minimum Gasteiger partial charge on any atom is -0.361 e. The SMILES string of the molecule is CCCCC(=O)N1CCCN(C(=O)c2cc(C)on2)CC1. The van der Waals surface area contributed by atoms with Gasteiger partial charge in [-0.15, -0.1) is 0 Å². The molecule has 1 fully saturated rings. The molecule has 0 N–H and O–H groups in total. The van der Waals surface area contributed by atoms with Gasteiger partial charge in [-0.2, -0.15) is 0 Å². The van der Waals surface area contributed by atoms with E-state index in [1.54, 1.807) is 17.9 Å². The summed E-state index contributed by atoms with van der Waals surface area (Å²) in [4.78, 5) is 28.0. The molecule has 2 amide bonds. The predicted octanol–water partition coefficient (Wildman–Crippen LogP) is 1.85. The highest BCUT2D eigenvalue weighted by molar-refractivity contribution is 5.92. The lowest BCUT2D eigenvalue weighted by molar-refractivity contribution is -0.131. The van der Waals surface area contributed by atoms with Crippen LogP contribution in [0.3, 0.4) is 0 Å². The van der Waals surface area contributed by atoms with Crippen LogP contribution in [0.2, 0.25) is 0 Å². The molecule has 116 valence electrons. The highest BCUT2D eigenvalue weighted by atomic mass is 16.5. The number of aromatic nitrogens is 1. The van der Waals surface area contributed by atoms with Crippen LogP contribution in [0, 0.1) is 6.92 Å². The van der Waals surface area contributed by atoms with Gasteiger partial charge in [-0.3, -0.25) is 9.59 Å². The molecule has 6 nitrogen and oxygen atoms in total. The Morgan fingerprint density at radius 2 is 1.95 bits per heavy atom. The molecule has 1 aliphatic heterocycles. The van der Waals surface area contributed by atoms with Crippen molar-refractivity contribution >= 4 is 11.8 Å². The lowest BCUT2D eigenvalue weighted by atomic mass is 10.2. The van der Waals surface area contributed by atoms with E-state index in [0.29, 0.717) is 37.5 Å². The van der Waals surface area contributed by atoms with E-state index in [0.717, 1.165) is 25.8 Å². The third kappa shape index (κ3) is 4.06. The normalized spacial score (nSPS) is 15.9. The van der Waals surface area contributed by atoms with E-state index in [1.807, 2.05) is 4.90 Å². The molecule has 2 rings (SSSR count). The van der Waals surface area contributed by atoms with Crippen LogP contribution < -0.4 is 0 Å². The van der Waals surface area contributed by atoms with Gasteiger partial charge in [0.05, 0.1) is 0 Å². The average Bonchev–Trinajstić information content (AvgIpc) is 2.76. The van der Waals surface area contributed by atoms with Gasteiger partial charge in [0.1, 0.15) is 5.76 Å². The molecular weight excluding hydrogens is 270 g/mol. The number of aryl methyl sites for hydroxylation is 1. The van der Waals surface area contributed by atoms with Gasteiger partial charge in [-0.25, -0.2) is 0 Å². The standard InChI is InChI=1S/C15H23N3O3/c1-3-4-6-14(19)17-7-5-8-18(10-9-17)15(20)13-11-12(2)21-16-13/h11H,3-10H2,1-2H3. The zero-order valence-electron chi connectivity index (χ0n) is 12.8. The van der Waals surface area contributed by atoms with Crippen LogP contribution in [0.5, 0.6) is 0 Å². The predicted molar refractivity (Wildman–Crippen MR) is 77.9 cm³/mol. The lowest BCUT2D eigenvalue weighted by Gasteiger charge is -2.21. The fourth-order valence-corrected chi connectivity index (χ4v) is 2.49. The first kappa shape index (κ1) is 15.5.